The molecule has 0 aliphatic heterocycles. The fourth-order valence-electron chi connectivity index (χ4n) is 2.10. The van der Waals surface area contributed by atoms with Gasteiger partial charge in [0.15, 0.2) is 17.4 Å². The number of hydrogen-bond donors (Lipinski definition) is 1. The number of halogens is 2. The molecule has 1 aliphatic carbocycles. The maximum Gasteiger partial charge on any atom is 0.338 e. The lowest BCUT2D eigenvalue weighted by molar-refractivity contribution is 0.0599. The summed E-state index contributed by atoms with van der Waals surface area (Å²) in [5, 5.41) is 9.34. The Balaban J connectivity index is 2.19. The molecule has 0 heterocycles. The minimum Gasteiger partial charge on any atom is -0.484 e. The second-order valence-corrected chi connectivity index (χ2v) is 4.47. The molecule has 2 rings (SSSR count). The van der Waals surface area contributed by atoms with Crippen molar-refractivity contribution in [3.63, 3.8) is 0 Å². The number of hydrogen-bond acceptors (Lipinski definition) is 4. The Morgan fingerprint density at radius 1 is 1.32 bits per heavy atom. The summed E-state index contributed by atoms with van der Waals surface area (Å²) in [6, 6.07) is 1.74. The zero-order valence-electron chi connectivity index (χ0n) is 10.4. The van der Waals surface area contributed by atoms with Crippen LogP contribution < -0.4 is 4.74 Å². The van der Waals surface area contributed by atoms with Crippen LogP contribution in [-0.4, -0.2) is 30.4 Å². The van der Waals surface area contributed by atoms with Crippen molar-refractivity contribution < 1.29 is 28.2 Å². The topological polar surface area (TPSA) is 55.8 Å². The van der Waals surface area contributed by atoms with Crippen LogP contribution in [0.25, 0.3) is 0 Å². The highest BCUT2D eigenvalue weighted by molar-refractivity contribution is 5.89. The Bertz CT molecular complexity index is 467. The van der Waals surface area contributed by atoms with Crippen molar-refractivity contribution >= 4 is 5.97 Å². The molecule has 1 aromatic carbocycles. The quantitative estimate of drug-likeness (QED) is 0.855. The molecular weight excluding hydrogens is 258 g/mol. The first kappa shape index (κ1) is 13.7. The Labute approximate surface area is 108 Å². The number of aliphatic hydroxyl groups excluding tert-OH is 1. The lowest BCUT2D eigenvalue weighted by Gasteiger charge is -2.15. The fourth-order valence-corrected chi connectivity index (χ4v) is 2.10. The molecular formula is C13H14F2O4. The molecule has 0 bridgehead atoms. The molecule has 0 saturated heterocycles. The van der Waals surface area contributed by atoms with E-state index in [2.05, 4.69) is 4.74 Å². The third kappa shape index (κ3) is 3.01. The van der Waals surface area contributed by atoms with Gasteiger partial charge in [-0.25, -0.2) is 13.6 Å². The Morgan fingerprint density at radius 2 is 1.95 bits per heavy atom. The van der Waals surface area contributed by atoms with Crippen LogP contribution in [0, 0.1) is 11.6 Å². The van der Waals surface area contributed by atoms with Crippen LogP contribution in [0.4, 0.5) is 8.78 Å². The number of rotatable bonds is 3. The van der Waals surface area contributed by atoms with Gasteiger partial charge in [-0.2, -0.15) is 0 Å². The van der Waals surface area contributed by atoms with Gasteiger partial charge >= 0.3 is 5.97 Å². The van der Waals surface area contributed by atoms with Crippen LogP contribution in [0.1, 0.15) is 29.6 Å². The van der Waals surface area contributed by atoms with Crippen LogP contribution in [0.3, 0.4) is 0 Å². The molecule has 0 spiro atoms. The van der Waals surface area contributed by atoms with E-state index in [-0.39, 0.29) is 5.56 Å². The number of esters is 1. The van der Waals surface area contributed by atoms with Gasteiger partial charge < -0.3 is 14.6 Å². The average molecular weight is 272 g/mol. The van der Waals surface area contributed by atoms with Crippen molar-refractivity contribution in [1.29, 1.82) is 0 Å². The molecule has 0 aromatic heterocycles. The van der Waals surface area contributed by atoms with E-state index < -0.39 is 35.6 Å². The summed E-state index contributed by atoms with van der Waals surface area (Å²) in [7, 11) is 1.13. The van der Waals surface area contributed by atoms with Gasteiger partial charge in [0.2, 0.25) is 0 Å². The largest absolute Gasteiger partial charge is 0.484 e. The molecule has 0 radical (unpaired) electrons. The number of ether oxygens (including phenoxy) is 2. The van der Waals surface area contributed by atoms with E-state index in [0.29, 0.717) is 19.3 Å². The highest BCUT2D eigenvalue weighted by Crippen LogP contribution is 2.29. The zero-order chi connectivity index (χ0) is 14.0. The van der Waals surface area contributed by atoms with Crippen LogP contribution in [0.2, 0.25) is 0 Å². The maximum atomic E-state index is 13.7. The van der Waals surface area contributed by atoms with Crippen LogP contribution in [0.5, 0.6) is 5.75 Å². The van der Waals surface area contributed by atoms with Crippen molar-refractivity contribution in [2.75, 3.05) is 7.11 Å². The van der Waals surface area contributed by atoms with E-state index in [9.17, 15) is 18.7 Å². The van der Waals surface area contributed by atoms with E-state index in [1.165, 1.54) is 0 Å². The molecule has 6 heteroatoms. The molecule has 1 N–H and O–H groups in total. The molecule has 1 aliphatic rings. The summed E-state index contributed by atoms with van der Waals surface area (Å²) >= 11 is 0. The summed E-state index contributed by atoms with van der Waals surface area (Å²) in [5.41, 5.74) is -0.212. The Kier molecular flexibility index (Phi) is 3.99. The Hall–Kier alpha value is -1.69. The van der Waals surface area contributed by atoms with Gasteiger partial charge in [-0.05, 0) is 25.0 Å². The Morgan fingerprint density at radius 3 is 2.42 bits per heavy atom. The predicted octanol–water partition coefficient (Wildman–Crippen LogP) is 2.04. The summed E-state index contributed by atoms with van der Waals surface area (Å²) in [4.78, 5) is 11.2. The monoisotopic (exact) mass is 272 g/mol. The summed E-state index contributed by atoms with van der Waals surface area (Å²) in [6.45, 7) is 0. The van der Waals surface area contributed by atoms with Crippen LogP contribution >= 0.6 is 0 Å². The number of carbonyl (C=O) groups excluding carboxylic acids is 1. The number of methoxy groups -OCH3 is 1. The first-order chi connectivity index (χ1) is 9.01. The summed E-state index contributed by atoms with van der Waals surface area (Å²) < 4.78 is 37.0. The molecule has 2 unspecified atom stereocenters. The average Bonchev–Trinajstić information content (AvgIpc) is 2.78. The minimum absolute atomic E-state index is 0.212. The molecule has 1 saturated carbocycles. The third-order valence-corrected chi connectivity index (χ3v) is 3.06. The molecule has 2 atom stereocenters. The first-order valence-corrected chi connectivity index (χ1v) is 5.93. The fraction of sp³-hybridized carbons (Fsp3) is 0.462. The normalized spacial score (nSPS) is 22.3. The molecule has 4 nitrogen and oxygen atoms in total. The lowest BCUT2D eigenvalue weighted by Crippen LogP contribution is -2.15. The van der Waals surface area contributed by atoms with E-state index in [4.69, 9.17) is 4.74 Å². The lowest BCUT2D eigenvalue weighted by atomic mass is 10.2. The number of aliphatic hydroxyl groups is 1. The van der Waals surface area contributed by atoms with Crippen molar-refractivity contribution in [2.24, 2.45) is 0 Å². The SMILES string of the molecule is COC(=O)c1cc(F)c(OC2CCC(O)C2)c(F)c1. The van der Waals surface area contributed by atoms with Gasteiger partial charge in [0.05, 0.1) is 18.8 Å². The smallest absolute Gasteiger partial charge is 0.338 e. The van der Waals surface area contributed by atoms with Crippen molar-refractivity contribution in [3.05, 3.63) is 29.3 Å². The van der Waals surface area contributed by atoms with Crippen LogP contribution in [0.15, 0.2) is 12.1 Å². The zero-order valence-corrected chi connectivity index (χ0v) is 10.4. The number of benzene rings is 1. The van der Waals surface area contributed by atoms with E-state index in [0.717, 1.165) is 19.2 Å². The molecule has 104 valence electrons. The second kappa shape index (κ2) is 5.52. The van der Waals surface area contributed by atoms with Gasteiger partial charge in [0, 0.05) is 6.42 Å². The van der Waals surface area contributed by atoms with Crippen molar-refractivity contribution in [1.82, 2.24) is 0 Å². The first-order valence-electron chi connectivity index (χ1n) is 5.93. The van der Waals surface area contributed by atoms with E-state index in [1.54, 1.807) is 0 Å². The summed E-state index contributed by atoms with van der Waals surface area (Å²) in [5.74, 6) is -3.25. The number of carbonyl (C=O) groups is 1. The second-order valence-electron chi connectivity index (χ2n) is 4.47. The van der Waals surface area contributed by atoms with Gasteiger partial charge in [-0.3, -0.25) is 0 Å². The standard InChI is InChI=1S/C13H14F2O4/c1-18-13(17)7-4-10(14)12(11(15)5-7)19-9-3-2-8(16)6-9/h4-5,8-9,16H,2-3,6H2,1H3. The summed E-state index contributed by atoms with van der Waals surface area (Å²) in [6.07, 6.45) is 0.526. The van der Waals surface area contributed by atoms with Gasteiger partial charge in [0.1, 0.15) is 6.10 Å². The molecule has 1 fully saturated rings. The highest BCUT2D eigenvalue weighted by atomic mass is 19.1. The maximum absolute atomic E-state index is 13.7. The molecule has 1 aromatic rings. The predicted molar refractivity (Wildman–Crippen MR) is 62.0 cm³/mol. The van der Waals surface area contributed by atoms with E-state index >= 15 is 0 Å². The van der Waals surface area contributed by atoms with Gasteiger partial charge in [-0.1, -0.05) is 0 Å². The third-order valence-electron chi connectivity index (χ3n) is 3.06. The van der Waals surface area contributed by atoms with Crippen LogP contribution in [-0.2, 0) is 4.74 Å². The van der Waals surface area contributed by atoms with E-state index in [1.807, 2.05) is 0 Å². The van der Waals surface area contributed by atoms with Gasteiger partial charge in [-0.15, -0.1) is 0 Å². The molecule has 19 heavy (non-hydrogen) atoms. The highest BCUT2D eigenvalue weighted by Gasteiger charge is 2.27. The van der Waals surface area contributed by atoms with Gasteiger partial charge in [0.25, 0.3) is 0 Å². The van der Waals surface area contributed by atoms with Crippen molar-refractivity contribution in [3.8, 4) is 5.75 Å². The minimum atomic E-state index is -0.957. The molecule has 0 amide bonds. The van der Waals surface area contributed by atoms with Crippen molar-refractivity contribution in [2.45, 2.75) is 31.5 Å².